The van der Waals surface area contributed by atoms with Crippen LogP contribution in [0.25, 0.3) is 0 Å². The Morgan fingerprint density at radius 2 is 2.06 bits per heavy atom. The first kappa shape index (κ1) is 15.7. The van der Waals surface area contributed by atoms with Crippen LogP contribution in [0.4, 0.5) is 0 Å². The molecule has 0 aromatic carbocycles. The summed E-state index contributed by atoms with van der Waals surface area (Å²) in [4.78, 5) is 2.72. The zero-order valence-corrected chi connectivity index (χ0v) is 12.8. The van der Waals surface area contributed by atoms with Crippen LogP contribution >= 0.6 is 11.3 Å². The quantitative estimate of drug-likeness (QED) is 0.687. The van der Waals surface area contributed by atoms with E-state index in [4.69, 9.17) is 4.74 Å². The molecular weight excluding hydrogens is 242 g/mol. The molecule has 0 saturated heterocycles. The number of hydrogen-bond donors (Lipinski definition) is 1. The van der Waals surface area contributed by atoms with Crippen molar-refractivity contribution < 1.29 is 4.74 Å². The van der Waals surface area contributed by atoms with E-state index in [1.165, 1.54) is 35.4 Å². The van der Waals surface area contributed by atoms with E-state index in [1.54, 1.807) is 0 Å². The minimum atomic E-state index is 0.738. The fourth-order valence-corrected chi connectivity index (χ4v) is 2.96. The summed E-state index contributed by atoms with van der Waals surface area (Å²) in [5.74, 6) is 0.738. The first-order valence-electron chi connectivity index (χ1n) is 7.10. The lowest BCUT2D eigenvalue weighted by Gasteiger charge is -2.14. The van der Waals surface area contributed by atoms with Crippen molar-refractivity contribution >= 4 is 11.3 Å². The van der Waals surface area contributed by atoms with Crippen LogP contribution in [-0.4, -0.2) is 13.7 Å². The van der Waals surface area contributed by atoms with Gasteiger partial charge in [-0.2, -0.15) is 0 Å². The zero-order chi connectivity index (χ0) is 13.2. The summed E-state index contributed by atoms with van der Waals surface area (Å²) in [6, 6.07) is 4.37. The third-order valence-electron chi connectivity index (χ3n) is 3.21. The van der Waals surface area contributed by atoms with Gasteiger partial charge in [-0.15, -0.1) is 11.3 Å². The van der Waals surface area contributed by atoms with Crippen molar-refractivity contribution in [2.45, 2.75) is 52.7 Å². The van der Waals surface area contributed by atoms with Gasteiger partial charge in [0, 0.05) is 22.9 Å². The Morgan fingerprint density at radius 3 is 2.72 bits per heavy atom. The van der Waals surface area contributed by atoms with Crippen LogP contribution in [0.2, 0.25) is 0 Å². The van der Waals surface area contributed by atoms with Crippen LogP contribution in [0.5, 0.6) is 0 Å². The van der Waals surface area contributed by atoms with E-state index >= 15 is 0 Å². The summed E-state index contributed by atoms with van der Waals surface area (Å²) in [6.07, 6.45) is 5.15. The van der Waals surface area contributed by atoms with Gasteiger partial charge in [-0.05, 0) is 31.5 Å². The van der Waals surface area contributed by atoms with Crippen molar-refractivity contribution in [3.63, 3.8) is 0 Å². The second-order valence-electron chi connectivity index (χ2n) is 4.83. The van der Waals surface area contributed by atoms with Gasteiger partial charge in [-0.1, -0.05) is 33.1 Å². The molecule has 0 radical (unpaired) electrons. The molecule has 104 valence electrons. The van der Waals surface area contributed by atoms with Gasteiger partial charge in [0.15, 0.2) is 0 Å². The SMILES string of the molecule is CCCCC(CC)COCc1ccc(CNC)s1. The average Bonchev–Trinajstić information content (AvgIpc) is 2.82. The topological polar surface area (TPSA) is 21.3 Å². The number of rotatable bonds is 10. The lowest BCUT2D eigenvalue weighted by molar-refractivity contribution is 0.0836. The minimum absolute atomic E-state index is 0.738. The van der Waals surface area contributed by atoms with E-state index in [9.17, 15) is 0 Å². The summed E-state index contributed by atoms with van der Waals surface area (Å²) >= 11 is 1.85. The lowest BCUT2D eigenvalue weighted by Crippen LogP contribution is -2.08. The van der Waals surface area contributed by atoms with Crippen LogP contribution in [0, 0.1) is 5.92 Å². The molecule has 1 N–H and O–H groups in total. The molecule has 0 fully saturated rings. The third kappa shape index (κ3) is 5.98. The van der Waals surface area contributed by atoms with E-state index in [0.717, 1.165) is 25.7 Å². The Labute approximate surface area is 116 Å². The number of unbranched alkanes of at least 4 members (excludes halogenated alkanes) is 1. The highest BCUT2D eigenvalue weighted by Gasteiger charge is 2.06. The second-order valence-corrected chi connectivity index (χ2v) is 6.08. The van der Waals surface area contributed by atoms with E-state index in [1.807, 2.05) is 18.4 Å². The Hall–Kier alpha value is -0.380. The predicted molar refractivity (Wildman–Crippen MR) is 80.0 cm³/mol. The molecule has 0 saturated carbocycles. The molecule has 0 spiro atoms. The summed E-state index contributed by atoms with van der Waals surface area (Å²) < 4.78 is 5.85. The van der Waals surface area contributed by atoms with Crippen molar-refractivity contribution in [3.05, 3.63) is 21.9 Å². The van der Waals surface area contributed by atoms with E-state index in [2.05, 4.69) is 31.3 Å². The van der Waals surface area contributed by atoms with Crippen LogP contribution in [-0.2, 0) is 17.9 Å². The molecule has 0 bridgehead atoms. The molecule has 18 heavy (non-hydrogen) atoms. The normalized spacial score (nSPS) is 12.8. The van der Waals surface area contributed by atoms with Crippen LogP contribution in [0.1, 0.15) is 49.3 Å². The molecule has 0 aliphatic carbocycles. The van der Waals surface area contributed by atoms with Crippen molar-refractivity contribution in [2.75, 3.05) is 13.7 Å². The number of thiophene rings is 1. The fraction of sp³-hybridized carbons (Fsp3) is 0.733. The van der Waals surface area contributed by atoms with Gasteiger partial charge in [0.2, 0.25) is 0 Å². The minimum Gasteiger partial charge on any atom is -0.376 e. The van der Waals surface area contributed by atoms with Gasteiger partial charge in [-0.25, -0.2) is 0 Å². The molecule has 1 aromatic rings. The van der Waals surface area contributed by atoms with Crippen LogP contribution in [0.15, 0.2) is 12.1 Å². The van der Waals surface area contributed by atoms with Crippen molar-refractivity contribution in [1.82, 2.24) is 5.32 Å². The first-order valence-corrected chi connectivity index (χ1v) is 7.91. The molecule has 0 aliphatic heterocycles. The maximum absolute atomic E-state index is 5.85. The van der Waals surface area contributed by atoms with E-state index < -0.39 is 0 Å². The van der Waals surface area contributed by atoms with Gasteiger partial charge < -0.3 is 10.1 Å². The summed E-state index contributed by atoms with van der Waals surface area (Å²) in [7, 11) is 1.98. The van der Waals surface area contributed by atoms with Gasteiger partial charge >= 0.3 is 0 Å². The summed E-state index contributed by atoms with van der Waals surface area (Å²) in [6.45, 7) is 7.16. The molecule has 3 heteroatoms. The Kier molecular flexibility index (Phi) is 8.31. The van der Waals surface area contributed by atoms with Crippen molar-refractivity contribution in [3.8, 4) is 0 Å². The summed E-state index contributed by atoms with van der Waals surface area (Å²) in [5, 5.41) is 3.17. The summed E-state index contributed by atoms with van der Waals surface area (Å²) in [5.41, 5.74) is 0. The van der Waals surface area contributed by atoms with Gasteiger partial charge in [0.25, 0.3) is 0 Å². The maximum Gasteiger partial charge on any atom is 0.0809 e. The van der Waals surface area contributed by atoms with E-state index in [-0.39, 0.29) is 0 Å². The molecular formula is C15H27NOS. The van der Waals surface area contributed by atoms with E-state index in [0.29, 0.717) is 0 Å². The van der Waals surface area contributed by atoms with Crippen molar-refractivity contribution in [2.24, 2.45) is 5.92 Å². The molecule has 1 unspecified atom stereocenters. The number of hydrogen-bond acceptors (Lipinski definition) is 3. The standard InChI is InChI=1S/C15H27NOS/c1-4-6-7-13(5-2)11-17-12-15-9-8-14(18-15)10-16-3/h8-9,13,16H,4-7,10-12H2,1-3H3. The average molecular weight is 269 g/mol. The smallest absolute Gasteiger partial charge is 0.0809 e. The highest BCUT2D eigenvalue weighted by atomic mass is 32.1. The Morgan fingerprint density at radius 1 is 1.28 bits per heavy atom. The first-order chi connectivity index (χ1) is 8.80. The van der Waals surface area contributed by atoms with Crippen LogP contribution in [0.3, 0.4) is 0 Å². The van der Waals surface area contributed by atoms with Gasteiger partial charge in [0.1, 0.15) is 0 Å². The highest BCUT2D eigenvalue weighted by Crippen LogP contribution is 2.19. The Balaban J connectivity index is 2.22. The number of ether oxygens (including phenoxy) is 1. The highest BCUT2D eigenvalue weighted by molar-refractivity contribution is 7.11. The molecule has 1 rings (SSSR count). The van der Waals surface area contributed by atoms with Crippen molar-refractivity contribution in [1.29, 1.82) is 0 Å². The largest absolute Gasteiger partial charge is 0.376 e. The van der Waals surface area contributed by atoms with Gasteiger partial charge in [-0.3, -0.25) is 0 Å². The lowest BCUT2D eigenvalue weighted by atomic mass is 10.0. The molecule has 1 atom stereocenters. The maximum atomic E-state index is 5.85. The zero-order valence-electron chi connectivity index (χ0n) is 12.0. The number of nitrogens with one attached hydrogen (secondary N) is 1. The molecule has 0 amide bonds. The monoisotopic (exact) mass is 269 g/mol. The van der Waals surface area contributed by atoms with Crippen LogP contribution < -0.4 is 5.32 Å². The molecule has 0 aliphatic rings. The predicted octanol–water partition coefficient (Wildman–Crippen LogP) is 4.20. The third-order valence-corrected chi connectivity index (χ3v) is 4.27. The van der Waals surface area contributed by atoms with Gasteiger partial charge in [0.05, 0.1) is 6.61 Å². The molecule has 1 heterocycles. The molecule has 1 aromatic heterocycles. The molecule has 2 nitrogen and oxygen atoms in total. The second kappa shape index (κ2) is 9.54. The fourth-order valence-electron chi connectivity index (χ4n) is 1.99. The Bertz CT molecular complexity index is 311.